The Kier molecular flexibility index (Phi) is 7.54. The molecule has 1 saturated carbocycles. The van der Waals surface area contributed by atoms with Crippen molar-refractivity contribution in [3.8, 4) is 11.8 Å². The first kappa shape index (κ1) is 22.7. The fourth-order valence-electron chi connectivity index (χ4n) is 3.26. The van der Waals surface area contributed by atoms with Gasteiger partial charge in [-0.3, -0.25) is 0 Å². The molecule has 0 spiro atoms. The summed E-state index contributed by atoms with van der Waals surface area (Å²) in [6, 6.07) is 3.50. The van der Waals surface area contributed by atoms with Crippen molar-refractivity contribution in [1.29, 1.82) is 0 Å². The summed E-state index contributed by atoms with van der Waals surface area (Å²) in [5.74, 6) is 6.74. The van der Waals surface area contributed by atoms with Gasteiger partial charge < -0.3 is 4.90 Å². The van der Waals surface area contributed by atoms with Crippen molar-refractivity contribution >= 4 is 10.0 Å². The Morgan fingerprint density at radius 3 is 2.11 bits per heavy atom. The SMILES string of the molecule is CN(C)CCC#CC1CCC(N(C)S(=O)(=O)c2ccc(C(F)(F)F)cc2)CC1. The van der Waals surface area contributed by atoms with E-state index in [9.17, 15) is 21.6 Å². The number of benzene rings is 1. The molecule has 1 aromatic carbocycles. The maximum absolute atomic E-state index is 12.8. The van der Waals surface area contributed by atoms with E-state index in [0.717, 1.165) is 50.1 Å². The first-order chi connectivity index (χ1) is 13.0. The third-order valence-electron chi connectivity index (χ3n) is 5.06. The second-order valence-corrected chi connectivity index (χ2v) is 9.42. The van der Waals surface area contributed by atoms with Crippen LogP contribution in [0, 0.1) is 17.8 Å². The van der Waals surface area contributed by atoms with Crippen molar-refractivity contribution in [2.24, 2.45) is 5.92 Å². The Morgan fingerprint density at radius 2 is 1.61 bits per heavy atom. The van der Waals surface area contributed by atoms with Gasteiger partial charge in [-0.05, 0) is 64.0 Å². The van der Waals surface area contributed by atoms with Gasteiger partial charge in [0.05, 0.1) is 10.5 Å². The van der Waals surface area contributed by atoms with Gasteiger partial charge in [-0.25, -0.2) is 8.42 Å². The molecular weight excluding hydrogens is 389 g/mol. The highest BCUT2D eigenvalue weighted by Crippen LogP contribution is 2.32. The van der Waals surface area contributed by atoms with Gasteiger partial charge in [-0.15, -0.1) is 5.92 Å². The number of sulfonamides is 1. The highest BCUT2D eigenvalue weighted by atomic mass is 32.2. The summed E-state index contributed by atoms with van der Waals surface area (Å²) in [6.07, 6.45) is -0.624. The van der Waals surface area contributed by atoms with Crippen molar-refractivity contribution in [3.05, 3.63) is 29.8 Å². The monoisotopic (exact) mass is 416 g/mol. The van der Waals surface area contributed by atoms with Gasteiger partial charge in [0.1, 0.15) is 0 Å². The third-order valence-corrected chi connectivity index (χ3v) is 6.98. The Labute approximate surface area is 165 Å². The molecule has 0 aliphatic heterocycles. The van der Waals surface area contributed by atoms with Gasteiger partial charge in [0.2, 0.25) is 10.0 Å². The molecule has 0 saturated heterocycles. The van der Waals surface area contributed by atoms with Crippen molar-refractivity contribution in [2.45, 2.75) is 49.2 Å². The lowest BCUT2D eigenvalue weighted by atomic mass is 9.86. The number of nitrogens with zero attached hydrogens (tertiary/aromatic N) is 2. The fraction of sp³-hybridized carbons (Fsp3) is 0.600. The number of hydrogen-bond donors (Lipinski definition) is 0. The standard InChI is InChI=1S/C20H27F3N2O2S/c1-24(2)15-5-4-6-16-7-11-18(12-8-16)25(3)28(26,27)19-13-9-17(10-14-19)20(21,22)23/h9-10,13-14,16,18H,5,7-8,11-12,15H2,1-3H3. The van der Waals surface area contributed by atoms with E-state index in [1.807, 2.05) is 14.1 Å². The number of halogens is 3. The maximum Gasteiger partial charge on any atom is 0.416 e. The van der Waals surface area contributed by atoms with E-state index in [4.69, 9.17) is 0 Å². The van der Waals surface area contributed by atoms with Crippen LogP contribution in [0.4, 0.5) is 13.2 Å². The summed E-state index contributed by atoms with van der Waals surface area (Å²) >= 11 is 0. The van der Waals surface area contributed by atoms with Crippen LogP contribution >= 0.6 is 0 Å². The maximum atomic E-state index is 12.8. The smallest absolute Gasteiger partial charge is 0.308 e. The van der Waals surface area contributed by atoms with E-state index >= 15 is 0 Å². The largest absolute Gasteiger partial charge is 0.416 e. The van der Waals surface area contributed by atoms with E-state index in [2.05, 4.69) is 16.7 Å². The molecule has 1 aromatic rings. The first-order valence-corrected chi connectivity index (χ1v) is 10.7. The lowest BCUT2D eigenvalue weighted by molar-refractivity contribution is -0.137. The van der Waals surface area contributed by atoms with Crippen LogP contribution in [0.1, 0.15) is 37.7 Å². The van der Waals surface area contributed by atoms with Crippen LogP contribution in [0.5, 0.6) is 0 Å². The summed E-state index contributed by atoms with van der Waals surface area (Å²) in [5.41, 5.74) is -0.859. The normalized spacial score (nSPS) is 20.9. The number of hydrogen-bond acceptors (Lipinski definition) is 3. The van der Waals surface area contributed by atoms with Crippen LogP contribution in [0.2, 0.25) is 0 Å². The zero-order valence-electron chi connectivity index (χ0n) is 16.5. The average molecular weight is 417 g/mol. The highest BCUT2D eigenvalue weighted by Gasteiger charge is 2.33. The molecule has 0 N–H and O–H groups in total. The van der Waals surface area contributed by atoms with Crippen LogP contribution in [0.25, 0.3) is 0 Å². The van der Waals surface area contributed by atoms with Gasteiger partial charge >= 0.3 is 6.18 Å². The molecule has 4 nitrogen and oxygen atoms in total. The minimum atomic E-state index is -4.49. The topological polar surface area (TPSA) is 40.6 Å². The molecule has 1 fully saturated rings. The van der Waals surface area contributed by atoms with Crippen molar-refractivity contribution in [1.82, 2.24) is 9.21 Å². The van der Waals surface area contributed by atoms with E-state index in [0.29, 0.717) is 12.8 Å². The van der Waals surface area contributed by atoms with Crippen LogP contribution in [0.3, 0.4) is 0 Å². The first-order valence-electron chi connectivity index (χ1n) is 9.30. The molecule has 8 heteroatoms. The van der Waals surface area contributed by atoms with Crippen LogP contribution in [-0.4, -0.2) is 51.4 Å². The Bertz CT molecular complexity index is 801. The minimum Gasteiger partial charge on any atom is -0.308 e. The fourth-order valence-corrected chi connectivity index (χ4v) is 4.67. The summed E-state index contributed by atoms with van der Waals surface area (Å²) in [7, 11) is 1.68. The Hall–Kier alpha value is -1.56. The molecule has 0 radical (unpaired) electrons. The molecular formula is C20H27F3N2O2S. The molecule has 2 rings (SSSR count). The van der Waals surface area contributed by atoms with Crippen molar-refractivity contribution < 1.29 is 21.6 Å². The molecule has 0 amide bonds. The third kappa shape index (κ3) is 5.97. The highest BCUT2D eigenvalue weighted by molar-refractivity contribution is 7.89. The average Bonchev–Trinajstić information content (AvgIpc) is 2.64. The zero-order valence-corrected chi connectivity index (χ0v) is 17.3. The van der Waals surface area contributed by atoms with Crippen LogP contribution in [-0.2, 0) is 16.2 Å². The molecule has 1 aliphatic carbocycles. The Morgan fingerprint density at radius 1 is 1.04 bits per heavy atom. The summed E-state index contributed by atoms with van der Waals surface area (Å²) < 4.78 is 64.9. The second-order valence-electron chi connectivity index (χ2n) is 7.42. The van der Waals surface area contributed by atoms with E-state index < -0.39 is 21.8 Å². The predicted octanol–water partition coefficient (Wildman–Crippen LogP) is 3.84. The molecule has 0 bridgehead atoms. The molecule has 156 valence electrons. The van der Waals surface area contributed by atoms with Crippen molar-refractivity contribution in [2.75, 3.05) is 27.7 Å². The van der Waals surface area contributed by atoms with Crippen LogP contribution < -0.4 is 0 Å². The second kappa shape index (κ2) is 9.29. The minimum absolute atomic E-state index is 0.117. The van der Waals surface area contributed by atoms with Gasteiger partial charge in [-0.1, -0.05) is 5.92 Å². The summed E-state index contributed by atoms with van der Waals surface area (Å²) in [6.45, 7) is 0.913. The molecule has 0 atom stereocenters. The molecule has 0 unspecified atom stereocenters. The lowest BCUT2D eigenvalue weighted by Crippen LogP contribution is -2.39. The molecule has 0 heterocycles. The quantitative estimate of drug-likeness (QED) is 0.685. The number of alkyl halides is 3. The van der Waals surface area contributed by atoms with E-state index in [1.165, 1.54) is 11.4 Å². The van der Waals surface area contributed by atoms with Crippen molar-refractivity contribution in [3.63, 3.8) is 0 Å². The van der Waals surface area contributed by atoms with Crippen LogP contribution in [0.15, 0.2) is 29.2 Å². The van der Waals surface area contributed by atoms with Gasteiger partial charge in [0, 0.05) is 32.0 Å². The Balaban J connectivity index is 1.97. The zero-order chi connectivity index (χ0) is 20.9. The number of rotatable bonds is 5. The summed E-state index contributed by atoms with van der Waals surface area (Å²) in [5, 5.41) is 0. The van der Waals surface area contributed by atoms with Gasteiger partial charge in [0.15, 0.2) is 0 Å². The molecule has 1 aliphatic rings. The van der Waals surface area contributed by atoms with Gasteiger partial charge in [0.25, 0.3) is 0 Å². The van der Waals surface area contributed by atoms with E-state index in [1.54, 1.807) is 0 Å². The van der Waals surface area contributed by atoms with E-state index in [-0.39, 0.29) is 16.9 Å². The predicted molar refractivity (Wildman–Crippen MR) is 103 cm³/mol. The molecule has 0 aromatic heterocycles. The summed E-state index contributed by atoms with van der Waals surface area (Å²) in [4.78, 5) is 1.96. The lowest BCUT2D eigenvalue weighted by Gasteiger charge is -2.32. The molecule has 28 heavy (non-hydrogen) atoms. The van der Waals surface area contributed by atoms with Gasteiger partial charge in [-0.2, -0.15) is 17.5 Å².